The fraction of sp³-hybridized carbons (Fsp3) is 0.480. The maximum atomic E-state index is 13.5. The molecule has 2 fully saturated rings. The number of carboxylic acid groups (broad SMARTS) is 4. The molecule has 0 spiro atoms. The van der Waals surface area contributed by atoms with Crippen LogP contribution in [0.2, 0.25) is 5.02 Å². The van der Waals surface area contributed by atoms with Gasteiger partial charge in [-0.3, -0.25) is 28.8 Å². The number of nitrogens with one attached hydrogen (secondary N) is 8. The van der Waals surface area contributed by atoms with Crippen LogP contribution in [0.1, 0.15) is 115 Å². The highest BCUT2D eigenvalue weighted by atomic mass is 79.9. The molecule has 0 saturated heterocycles. The second-order valence-corrected chi connectivity index (χ2v) is 20.0. The Labute approximate surface area is 438 Å². The van der Waals surface area contributed by atoms with Crippen molar-refractivity contribution >= 4 is 109 Å². The molecule has 2 aliphatic rings. The van der Waals surface area contributed by atoms with Crippen molar-refractivity contribution in [3.63, 3.8) is 0 Å². The quantitative estimate of drug-likeness (QED) is 0.0469. The van der Waals surface area contributed by atoms with Gasteiger partial charge in [0.2, 0.25) is 35.4 Å². The summed E-state index contributed by atoms with van der Waals surface area (Å²) in [6, 6.07) is 5.75. The zero-order chi connectivity index (χ0) is 54.3. The predicted octanol–water partition coefficient (Wildman–Crippen LogP) is -0.986. The first-order valence-electron chi connectivity index (χ1n) is 24.1. The summed E-state index contributed by atoms with van der Waals surface area (Å²) >= 11 is 9.46. The average molecular weight is 1110 g/mol. The SMILES string of the molecule is CC(=O)N[C@@H](Cc1c[nH]c2cc(Br)ccc12)C(=O)NC1(C(=O)N[C@@H](CCC(=O)[O-])C(=O)[O-])CCCCC1.CC(=O)N[C@@H](Cc1c[nH]c2cc(Cl)ccc12)C(=O)NC1(C(=O)N[C@@H](CCC(=O)[O-])C(=O)[O-])CCCCC1. The number of aliphatic carboxylic acids is 4. The molecule has 6 rings (SSSR count). The second kappa shape index (κ2) is 26.3. The molecule has 22 nitrogen and oxygen atoms in total. The molecule has 24 heteroatoms. The largest absolute Gasteiger partial charge is 0.550 e. The smallest absolute Gasteiger partial charge is 0.246 e. The van der Waals surface area contributed by atoms with Crippen LogP contribution in [0.15, 0.2) is 53.3 Å². The van der Waals surface area contributed by atoms with Gasteiger partial charge in [-0.1, -0.05) is 78.2 Å². The summed E-state index contributed by atoms with van der Waals surface area (Å²) in [5.74, 6) is -9.70. The third kappa shape index (κ3) is 16.0. The van der Waals surface area contributed by atoms with Crippen LogP contribution in [0.3, 0.4) is 0 Å². The number of hydrogen-bond acceptors (Lipinski definition) is 14. The lowest BCUT2D eigenvalue weighted by atomic mass is 9.80. The summed E-state index contributed by atoms with van der Waals surface area (Å²) in [6.07, 6.45) is 6.89. The van der Waals surface area contributed by atoms with Gasteiger partial charge >= 0.3 is 0 Å². The number of halogens is 2. The molecule has 4 aromatic rings. The third-order valence-electron chi connectivity index (χ3n) is 13.2. The molecule has 0 unspecified atom stereocenters. The van der Waals surface area contributed by atoms with Crippen molar-refractivity contribution in [1.29, 1.82) is 0 Å². The Bertz CT molecular complexity index is 2560. The number of benzene rings is 2. The number of H-pyrrole nitrogens is 2. The topological polar surface area (TPSA) is 367 Å². The van der Waals surface area contributed by atoms with E-state index in [1.807, 2.05) is 18.2 Å². The summed E-state index contributed by atoms with van der Waals surface area (Å²) in [5.41, 5.74) is 0.318. The summed E-state index contributed by atoms with van der Waals surface area (Å²) in [7, 11) is 0. The van der Waals surface area contributed by atoms with Gasteiger partial charge in [0.05, 0.1) is 24.0 Å². The van der Waals surface area contributed by atoms with Gasteiger partial charge in [0, 0.05) is 82.3 Å². The van der Waals surface area contributed by atoms with Crippen molar-refractivity contribution < 1.29 is 68.4 Å². The van der Waals surface area contributed by atoms with Crippen LogP contribution < -0.4 is 52.3 Å². The van der Waals surface area contributed by atoms with E-state index in [1.165, 1.54) is 13.8 Å². The van der Waals surface area contributed by atoms with E-state index in [4.69, 9.17) is 11.6 Å². The number of carboxylic acids is 4. The van der Waals surface area contributed by atoms with E-state index in [2.05, 4.69) is 57.8 Å². The predicted molar refractivity (Wildman–Crippen MR) is 262 cm³/mol. The van der Waals surface area contributed by atoms with Crippen LogP contribution in [0.4, 0.5) is 0 Å². The van der Waals surface area contributed by atoms with Gasteiger partial charge in [0.15, 0.2) is 0 Å². The standard InChI is InChI=1S/C25H31BrN4O7.C25H31ClN4O7/c2*1-14(31)28-20(11-15-13-27-19-12-16(26)5-6-17(15)19)22(34)30-25(9-3-2-4-10-25)24(37)29-18(23(35)36)7-8-21(32)33/h2*5-6,12-13,18,20,27H,2-4,7-11H2,1H3,(H,28,31)(H,29,37)(H,30,34)(H,32,33)(H,35,36)/p-4/t2*18-,20-/m00/s1. The van der Waals surface area contributed by atoms with E-state index >= 15 is 0 Å². The first-order chi connectivity index (χ1) is 35.0. The van der Waals surface area contributed by atoms with Crippen molar-refractivity contribution in [2.45, 2.75) is 152 Å². The molecule has 2 aromatic heterocycles. The van der Waals surface area contributed by atoms with E-state index in [1.54, 1.807) is 30.6 Å². The monoisotopic (exact) mass is 1110 g/mol. The van der Waals surface area contributed by atoms with Gasteiger partial charge in [-0.2, -0.15) is 0 Å². The molecule has 2 aromatic carbocycles. The molecule has 2 aliphatic carbocycles. The van der Waals surface area contributed by atoms with Crippen LogP contribution >= 0.6 is 27.5 Å². The minimum atomic E-state index is -1.64. The number of carbonyl (C=O) groups excluding carboxylic acids is 10. The molecular formula is C50H58BrClN8O14-4. The summed E-state index contributed by atoms with van der Waals surface area (Å²) in [6.45, 7) is 2.57. The molecule has 4 atom stereocenters. The number of amides is 6. The minimum Gasteiger partial charge on any atom is -0.550 e. The number of hydrogen-bond donors (Lipinski definition) is 8. The van der Waals surface area contributed by atoms with Crippen molar-refractivity contribution in [3.05, 3.63) is 69.4 Å². The van der Waals surface area contributed by atoms with E-state index < -0.39 is 120 Å². The zero-order valence-corrected chi connectivity index (χ0v) is 43.1. The van der Waals surface area contributed by atoms with Crippen LogP contribution in [0.5, 0.6) is 0 Å². The maximum absolute atomic E-state index is 13.5. The van der Waals surface area contributed by atoms with Crippen LogP contribution in [-0.2, 0) is 60.8 Å². The molecule has 8 N–H and O–H groups in total. The highest BCUT2D eigenvalue weighted by molar-refractivity contribution is 9.10. The van der Waals surface area contributed by atoms with Gasteiger partial charge in [-0.25, -0.2) is 0 Å². The molecule has 74 heavy (non-hydrogen) atoms. The summed E-state index contributed by atoms with van der Waals surface area (Å²) < 4.78 is 0.879. The van der Waals surface area contributed by atoms with E-state index in [9.17, 15) is 68.4 Å². The highest BCUT2D eigenvalue weighted by Gasteiger charge is 2.44. The van der Waals surface area contributed by atoms with Gasteiger partial charge in [-0.05, 0) is 86.8 Å². The fourth-order valence-corrected chi connectivity index (χ4v) is 9.93. The van der Waals surface area contributed by atoms with Crippen LogP contribution in [0, 0.1) is 0 Å². The summed E-state index contributed by atoms with van der Waals surface area (Å²) in [4.78, 5) is 128. The maximum Gasteiger partial charge on any atom is 0.246 e. The Balaban J connectivity index is 0.000000274. The Hall–Kier alpha value is -7.01. The molecule has 400 valence electrons. The lowest BCUT2D eigenvalue weighted by Crippen LogP contribution is -2.65. The number of carbonyl (C=O) groups is 10. The van der Waals surface area contributed by atoms with Crippen molar-refractivity contribution in [1.82, 2.24) is 41.9 Å². The highest BCUT2D eigenvalue weighted by Crippen LogP contribution is 2.32. The van der Waals surface area contributed by atoms with E-state index in [-0.39, 0.29) is 38.5 Å². The first kappa shape index (κ1) is 57.9. The number of aromatic nitrogens is 2. The van der Waals surface area contributed by atoms with Crippen molar-refractivity contribution in [2.75, 3.05) is 0 Å². The lowest BCUT2D eigenvalue weighted by Gasteiger charge is -2.39. The average Bonchev–Trinajstić information content (AvgIpc) is 3.93. The Kier molecular flexibility index (Phi) is 20.6. The van der Waals surface area contributed by atoms with E-state index in [0.29, 0.717) is 30.7 Å². The number of fused-ring (bicyclic) bond motifs is 2. The molecule has 6 amide bonds. The number of aromatic amines is 2. The Morgan fingerprint density at radius 1 is 0.568 bits per heavy atom. The second-order valence-electron chi connectivity index (χ2n) is 18.7. The first-order valence-corrected chi connectivity index (χ1v) is 25.3. The molecular weight excluding hydrogens is 1050 g/mol. The van der Waals surface area contributed by atoms with Crippen LogP contribution in [-0.4, -0.2) is 105 Å². The zero-order valence-electron chi connectivity index (χ0n) is 40.7. The molecule has 2 heterocycles. The number of rotatable bonds is 22. The Morgan fingerprint density at radius 3 is 1.34 bits per heavy atom. The lowest BCUT2D eigenvalue weighted by molar-refractivity contribution is -0.312. The molecule has 2 saturated carbocycles. The normalized spacial score (nSPS) is 16.4. The van der Waals surface area contributed by atoms with Crippen molar-refractivity contribution in [3.8, 4) is 0 Å². The Morgan fingerprint density at radius 2 is 0.959 bits per heavy atom. The van der Waals surface area contributed by atoms with Crippen LogP contribution in [0.25, 0.3) is 21.8 Å². The van der Waals surface area contributed by atoms with Gasteiger partial charge in [0.25, 0.3) is 0 Å². The molecule has 0 bridgehead atoms. The van der Waals surface area contributed by atoms with Gasteiger partial charge < -0.3 is 81.5 Å². The van der Waals surface area contributed by atoms with Gasteiger partial charge in [-0.15, -0.1) is 0 Å². The van der Waals surface area contributed by atoms with E-state index in [0.717, 1.165) is 50.2 Å². The third-order valence-corrected chi connectivity index (χ3v) is 13.9. The van der Waals surface area contributed by atoms with Gasteiger partial charge in [0.1, 0.15) is 23.2 Å². The fourth-order valence-electron chi connectivity index (χ4n) is 9.39. The van der Waals surface area contributed by atoms with Crippen molar-refractivity contribution in [2.24, 2.45) is 0 Å². The minimum absolute atomic E-state index is 0.123. The molecule has 0 radical (unpaired) electrons. The summed E-state index contributed by atoms with van der Waals surface area (Å²) in [5, 5.41) is 62.3. The molecule has 0 aliphatic heterocycles.